The molecule has 8 nitrogen and oxygen atoms in total. The molecule has 0 radical (unpaired) electrons. The van der Waals surface area contributed by atoms with Crippen LogP contribution < -0.4 is 10.7 Å². The van der Waals surface area contributed by atoms with Crippen LogP contribution in [-0.2, 0) is 4.79 Å². The summed E-state index contributed by atoms with van der Waals surface area (Å²) in [5.74, 6) is 0.697. The van der Waals surface area contributed by atoms with Gasteiger partial charge in [0.05, 0.1) is 17.7 Å². The van der Waals surface area contributed by atoms with Gasteiger partial charge in [-0.1, -0.05) is 17.7 Å². The molecule has 0 unspecified atom stereocenters. The number of non-ortho nitro benzene ring substituents is 1. The van der Waals surface area contributed by atoms with Gasteiger partial charge in [-0.2, -0.15) is 5.10 Å². The summed E-state index contributed by atoms with van der Waals surface area (Å²) in [6.45, 7) is 2.08. The van der Waals surface area contributed by atoms with Crippen LogP contribution in [0.4, 0.5) is 11.4 Å². The summed E-state index contributed by atoms with van der Waals surface area (Å²) >= 11 is 0. The molecule has 0 atom stereocenters. The van der Waals surface area contributed by atoms with E-state index in [1.807, 2.05) is 31.2 Å². The van der Waals surface area contributed by atoms with Gasteiger partial charge in [-0.15, -0.1) is 0 Å². The molecule has 3 aromatic rings. The Hall–Kier alpha value is -3.94. The van der Waals surface area contributed by atoms with Crippen LogP contribution in [0.15, 0.2) is 70.2 Å². The molecule has 0 bridgehead atoms. The molecule has 28 heavy (non-hydrogen) atoms. The number of carbonyl (C=O) groups excluding carboxylic acids is 1. The lowest BCUT2D eigenvalue weighted by atomic mass is 10.1. The first-order valence-electron chi connectivity index (χ1n) is 8.48. The maximum absolute atomic E-state index is 11.8. The van der Waals surface area contributed by atoms with Gasteiger partial charge in [0.15, 0.2) is 0 Å². The van der Waals surface area contributed by atoms with Gasteiger partial charge in [-0.05, 0) is 43.3 Å². The number of aryl methyl sites for hydroxylation is 1. The van der Waals surface area contributed by atoms with Crippen molar-refractivity contribution in [1.82, 2.24) is 5.43 Å². The van der Waals surface area contributed by atoms with Crippen LogP contribution in [0, 0.1) is 17.0 Å². The van der Waals surface area contributed by atoms with Gasteiger partial charge >= 0.3 is 0 Å². The lowest BCUT2D eigenvalue weighted by molar-refractivity contribution is -0.384. The molecule has 2 aromatic carbocycles. The topological polar surface area (TPSA) is 110 Å². The Labute approximate surface area is 161 Å². The fraction of sp³-hybridized carbons (Fsp3) is 0.100. The van der Waals surface area contributed by atoms with E-state index < -0.39 is 4.92 Å². The minimum absolute atomic E-state index is 0.0130. The Kier molecular flexibility index (Phi) is 5.81. The van der Waals surface area contributed by atoms with Gasteiger partial charge in [-0.3, -0.25) is 14.9 Å². The molecular weight excluding hydrogens is 360 g/mol. The summed E-state index contributed by atoms with van der Waals surface area (Å²) in [5.41, 5.74) is 5.13. The van der Waals surface area contributed by atoms with E-state index in [2.05, 4.69) is 15.8 Å². The predicted molar refractivity (Wildman–Crippen MR) is 106 cm³/mol. The van der Waals surface area contributed by atoms with Crippen molar-refractivity contribution in [2.75, 3.05) is 11.9 Å². The maximum atomic E-state index is 11.8. The van der Waals surface area contributed by atoms with Crippen molar-refractivity contribution in [3.05, 3.63) is 82.1 Å². The molecule has 0 aliphatic heterocycles. The molecule has 0 aliphatic rings. The minimum Gasteiger partial charge on any atom is -0.455 e. The Morgan fingerprint density at radius 1 is 1.11 bits per heavy atom. The number of nitrogens with zero attached hydrogens (tertiary/aromatic N) is 2. The number of benzene rings is 2. The Balaban J connectivity index is 1.51. The molecule has 1 amide bonds. The molecular formula is C20H18N4O4. The average molecular weight is 378 g/mol. The number of anilines is 1. The van der Waals surface area contributed by atoms with Crippen molar-refractivity contribution in [3.8, 4) is 11.3 Å². The number of carbonyl (C=O) groups is 1. The monoisotopic (exact) mass is 378 g/mol. The van der Waals surface area contributed by atoms with E-state index in [1.165, 1.54) is 18.3 Å². The van der Waals surface area contributed by atoms with Crippen molar-refractivity contribution in [2.24, 2.45) is 5.10 Å². The number of hydrogen-bond acceptors (Lipinski definition) is 6. The van der Waals surface area contributed by atoms with Crippen molar-refractivity contribution in [3.63, 3.8) is 0 Å². The van der Waals surface area contributed by atoms with Crippen LogP contribution in [0.2, 0.25) is 0 Å². The summed E-state index contributed by atoms with van der Waals surface area (Å²) in [4.78, 5) is 22.0. The predicted octanol–water partition coefficient (Wildman–Crippen LogP) is 3.73. The molecule has 142 valence electrons. The minimum atomic E-state index is -0.458. The zero-order chi connectivity index (χ0) is 19.9. The van der Waals surface area contributed by atoms with Crippen molar-refractivity contribution >= 4 is 23.5 Å². The van der Waals surface area contributed by atoms with E-state index in [9.17, 15) is 14.9 Å². The fourth-order valence-electron chi connectivity index (χ4n) is 2.39. The summed E-state index contributed by atoms with van der Waals surface area (Å²) in [5, 5.41) is 17.6. The van der Waals surface area contributed by atoms with Gasteiger partial charge in [-0.25, -0.2) is 5.43 Å². The van der Waals surface area contributed by atoms with Crippen LogP contribution in [0.1, 0.15) is 11.3 Å². The van der Waals surface area contributed by atoms with Crippen LogP contribution in [-0.4, -0.2) is 23.6 Å². The zero-order valence-corrected chi connectivity index (χ0v) is 15.1. The molecule has 0 saturated heterocycles. The normalized spacial score (nSPS) is 10.8. The number of hydrogen-bond donors (Lipinski definition) is 2. The van der Waals surface area contributed by atoms with E-state index in [4.69, 9.17) is 4.42 Å². The zero-order valence-electron chi connectivity index (χ0n) is 15.1. The van der Waals surface area contributed by atoms with Crippen LogP contribution >= 0.6 is 0 Å². The lowest BCUT2D eigenvalue weighted by Gasteiger charge is -2.05. The third-order valence-electron chi connectivity index (χ3n) is 3.88. The van der Waals surface area contributed by atoms with Crippen molar-refractivity contribution < 1.29 is 14.1 Å². The van der Waals surface area contributed by atoms with Crippen molar-refractivity contribution in [2.45, 2.75) is 6.92 Å². The highest BCUT2D eigenvalue weighted by Gasteiger charge is 2.08. The van der Waals surface area contributed by atoms with Crippen LogP contribution in [0.25, 0.3) is 11.3 Å². The number of amides is 1. The van der Waals surface area contributed by atoms with Gasteiger partial charge in [0.25, 0.3) is 11.6 Å². The van der Waals surface area contributed by atoms with Gasteiger partial charge in [0.2, 0.25) is 0 Å². The highest BCUT2D eigenvalue weighted by Crippen LogP contribution is 2.23. The highest BCUT2D eigenvalue weighted by atomic mass is 16.6. The molecule has 3 rings (SSSR count). The first-order chi connectivity index (χ1) is 13.5. The molecule has 2 N–H and O–H groups in total. The Bertz CT molecular complexity index is 992. The van der Waals surface area contributed by atoms with E-state index in [0.717, 1.165) is 11.3 Å². The Morgan fingerprint density at radius 3 is 2.50 bits per heavy atom. The van der Waals surface area contributed by atoms with Crippen LogP contribution in [0.5, 0.6) is 0 Å². The third-order valence-corrected chi connectivity index (χ3v) is 3.88. The van der Waals surface area contributed by atoms with E-state index in [0.29, 0.717) is 17.1 Å². The largest absolute Gasteiger partial charge is 0.455 e. The van der Waals surface area contributed by atoms with Crippen molar-refractivity contribution in [1.29, 1.82) is 0 Å². The summed E-state index contributed by atoms with van der Waals surface area (Å²) in [6.07, 6.45) is 1.39. The molecule has 0 spiro atoms. The Morgan fingerprint density at radius 2 is 1.82 bits per heavy atom. The number of hydrazone groups is 1. The third kappa shape index (κ3) is 5.04. The van der Waals surface area contributed by atoms with Gasteiger partial charge in [0.1, 0.15) is 11.5 Å². The highest BCUT2D eigenvalue weighted by molar-refractivity contribution is 5.83. The molecule has 0 fully saturated rings. The quantitative estimate of drug-likeness (QED) is 0.370. The van der Waals surface area contributed by atoms with Gasteiger partial charge < -0.3 is 9.73 Å². The van der Waals surface area contributed by atoms with E-state index in [-0.39, 0.29) is 18.1 Å². The number of nitrogens with one attached hydrogen (secondary N) is 2. The number of nitro benzene ring substituents is 1. The lowest BCUT2D eigenvalue weighted by Crippen LogP contribution is -2.25. The number of rotatable bonds is 7. The number of furan rings is 1. The molecule has 1 aromatic heterocycles. The molecule has 0 saturated carbocycles. The average Bonchev–Trinajstić information content (AvgIpc) is 3.16. The smallest absolute Gasteiger partial charge is 0.269 e. The molecule has 8 heteroatoms. The maximum Gasteiger partial charge on any atom is 0.269 e. The summed E-state index contributed by atoms with van der Waals surface area (Å²) in [6, 6.07) is 17.2. The molecule has 0 aliphatic carbocycles. The first kappa shape index (κ1) is 18.8. The second kappa shape index (κ2) is 8.63. The second-order valence-corrected chi connectivity index (χ2v) is 6.02. The van der Waals surface area contributed by atoms with E-state index >= 15 is 0 Å². The standard InChI is InChI=1S/C20H18N4O4/c1-14-2-6-16(7-3-14)21-13-20(25)23-22-12-18-10-11-19(28-18)15-4-8-17(9-5-15)24(26)27/h2-12,21H,13H2,1H3,(H,23,25)/b22-12-. The first-order valence-corrected chi connectivity index (χ1v) is 8.48. The van der Waals surface area contributed by atoms with Crippen LogP contribution in [0.3, 0.4) is 0 Å². The fourth-order valence-corrected chi connectivity index (χ4v) is 2.39. The second-order valence-electron chi connectivity index (χ2n) is 6.02. The molecule has 1 heterocycles. The number of nitro groups is 1. The summed E-state index contributed by atoms with van der Waals surface area (Å²) in [7, 11) is 0. The van der Waals surface area contributed by atoms with E-state index in [1.54, 1.807) is 24.3 Å². The SMILES string of the molecule is Cc1ccc(NCC(=O)N/N=C\c2ccc(-c3ccc([N+](=O)[O-])cc3)o2)cc1. The van der Waals surface area contributed by atoms with Gasteiger partial charge in [0, 0.05) is 23.4 Å². The summed E-state index contributed by atoms with van der Waals surface area (Å²) < 4.78 is 5.61.